The molecule has 2 aliphatic carbocycles. The molecule has 152 valence electrons. The van der Waals surface area contributed by atoms with Crippen LogP contribution in [0, 0.1) is 22.7 Å². The van der Waals surface area contributed by atoms with Gasteiger partial charge < -0.3 is 18.6 Å². The number of ether oxygens (including phenoxy) is 3. The molecule has 1 spiro atoms. The van der Waals surface area contributed by atoms with E-state index in [4.69, 9.17) is 18.6 Å². The van der Waals surface area contributed by atoms with Crippen molar-refractivity contribution in [3.8, 4) is 0 Å². The third kappa shape index (κ3) is 2.11. The first-order chi connectivity index (χ1) is 13.2. The lowest BCUT2D eigenvalue weighted by Gasteiger charge is -2.59. The summed E-state index contributed by atoms with van der Waals surface area (Å²) in [5, 5.41) is 0. The minimum Gasteiger partial charge on any atom is -0.472 e. The molecule has 0 radical (unpaired) electrons. The van der Waals surface area contributed by atoms with Gasteiger partial charge in [0, 0.05) is 23.8 Å². The number of carbonyl (C=O) groups is 2. The minimum atomic E-state index is -0.686. The van der Waals surface area contributed by atoms with Crippen molar-refractivity contribution in [3.05, 3.63) is 24.2 Å². The van der Waals surface area contributed by atoms with Crippen LogP contribution in [-0.4, -0.2) is 36.2 Å². The highest BCUT2D eigenvalue weighted by molar-refractivity contribution is 5.92. The van der Waals surface area contributed by atoms with Crippen LogP contribution in [0.4, 0.5) is 0 Å². The molecule has 0 N–H and O–H groups in total. The van der Waals surface area contributed by atoms with Crippen LogP contribution in [0.3, 0.4) is 0 Å². The fourth-order valence-electron chi connectivity index (χ4n) is 6.76. The van der Waals surface area contributed by atoms with Crippen molar-refractivity contribution in [1.29, 1.82) is 0 Å². The maximum absolute atomic E-state index is 13.9. The Morgan fingerprint density at radius 1 is 1.29 bits per heavy atom. The number of epoxide rings is 1. The molecule has 8 atom stereocenters. The number of fused-ring (bicyclic) bond motifs is 4. The highest BCUT2D eigenvalue weighted by Gasteiger charge is 2.76. The van der Waals surface area contributed by atoms with Gasteiger partial charge in [-0.3, -0.25) is 9.59 Å². The molecule has 0 aromatic carbocycles. The Morgan fingerprint density at radius 3 is 2.75 bits per heavy atom. The van der Waals surface area contributed by atoms with Gasteiger partial charge in [-0.2, -0.15) is 0 Å². The molecule has 6 heteroatoms. The number of rotatable bonds is 2. The summed E-state index contributed by atoms with van der Waals surface area (Å²) in [6.45, 7) is 8.22. The molecule has 1 aromatic heterocycles. The predicted molar refractivity (Wildman–Crippen MR) is 98.3 cm³/mol. The largest absolute Gasteiger partial charge is 0.472 e. The number of hydrogen-bond donors (Lipinski definition) is 0. The van der Waals surface area contributed by atoms with Gasteiger partial charge in [0.1, 0.15) is 12.2 Å². The monoisotopic (exact) mass is 388 g/mol. The maximum Gasteiger partial charge on any atom is 0.302 e. The van der Waals surface area contributed by atoms with E-state index in [0.717, 1.165) is 24.8 Å². The molecule has 5 rings (SSSR count). The molecule has 28 heavy (non-hydrogen) atoms. The molecule has 6 nitrogen and oxygen atoms in total. The lowest BCUT2D eigenvalue weighted by Crippen LogP contribution is -2.64. The van der Waals surface area contributed by atoms with Gasteiger partial charge in [0.25, 0.3) is 0 Å². The summed E-state index contributed by atoms with van der Waals surface area (Å²) in [5.41, 5.74) is -0.440. The molecule has 3 heterocycles. The highest BCUT2D eigenvalue weighted by Crippen LogP contribution is 2.71. The molecule has 1 unspecified atom stereocenters. The SMILES string of the molecule is CC(=O)O[C@@H]1C[C@@]2(C)[C@@H](CCC3O[C@]32C)[C@@]2(CO[C@H](c3ccoc3)C2=O)[C@H]1C. The molecular formula is C22H28O6. The number of ketones is 1. The first-order valence-corrected chi connectivity index (χ1v) is 10.3. The maximum atomic E-state index is 13.9. The van der Waals surface area contributed by atoms with E-state index in [9.17, 15) is 9.59 Å². The molecule has 0 bridgehead atoms. The summed E-state index contributed by atoms with van der Waals surface area (Å²) < 4.78 is 23.2. The first kappa shape index (κ1) is 18.4. The lowest BCUT2D eigenvalue weighted by atomic mass is 9.43. The van der Waals surface area contributed by atoms with Crippen LogP contribution in [0.15, 0.2) is 23.0 Å². The number of esters is 1. The Balaban J connectivity index is 1.60. The zero-order chi connectivity index (χ0) is 19.9. The normalized spacial score (nSPS) is 49.6. The summed E-state index contributed by atoms with van der Waals surface area (Å²) in [5.74, 6) is -0.189. The van der Waals surface area contributed by atoms with Gasteiger partial charge in [0.05, 0.1) is 36.3 Å². The van der Waals surface area contributed by atoms with E-state index in [0.29, 0.717) is 6.61 Å². The van der Waals surface area contributed by atoms with Crippen LogP contribution in [0.2, 0.25) is 0 Å². The molecule has 1 aromatic rings. The molecule has 0 amide bonds. The Labute approximate surface area is 164 Å². The third-order valence-electron chi connectivity index (χ3n) is 8.53. The molecule has 2 saturated heterocycles. The van der Waals surface area contributed by atoms with Crippen LogP contribution in [-0.2, 0) is 23.8 Å². The first-order valence-electron chi connectivity index (χ1n) is 10.3. The summed E-state index contributed by atoms with van der Waals surface area (Å²) in [7, 11) is 0. The Hall–Kier alpha value is -1.66. The van der Waals surface area contributed by atoms with E-state index in [1.807, 2.05) is 6.92 Å². The quantitative estimate of drug-likeness (QED) is 0.570. The third-order valence-corrected chi connectivity index (χ3v) is 8.53. The second-order valence-electron chi connectivity index (χ2n) is 9.55. The van der Waals surface area contributed by atoms with Gasteiger partial charge >= 0.3 is 5.97 Å². The van der Waals surface area contributed by atoms with Crippen LogP contribution < -0.4 is 0 Å². The molecule has 2 saturated carbocycles. The number of hydrogen-bond acceptors (Lipinski definition) is 6. The van der Waals surface area contributed by atoms with Crippen LogP contribution in [0.25, 0.3) is 0 Å². The Morgan fingerprint density at radius 2 is 2.07 bits per heavy atom. The summed E-state index contributed by atoms with van der Waals surface area (Å²) in [6, 6.07) is 1.79. The van der Waals surface area contributed by atoms with Crippen molar-refractivity contribution in [2.45, 2.75) is 70.9 Å². The van der Waals surface area contributed by atoms with Crippen molar-refractivity contribution < 1.29 is 28.2 Å². The second-order valence-corrected chi connectivity index (χ2v) is 9.55. The van der Waals surface area contributed by atoms with Gasteiger partial charge in [-0.05, 0) is 38.2 Å². The Kier molecular flexibility index (Phi) is 3.74. The van der Waals surface area contributed by atoms with E-state index >= 15 is 0 Å². The summed E-state index contributed by atoms with van der Waals surface area (Å²) in [6.07, 6.45) is 5.06. The standard InChI is InChI=1S/C22H28O6/c1-12-15(27-13(2)23)9-20(3)16(5-6-17-21(20,4)28-17)22(12)11-26-18(19(22)24)14-7-8-25-10-14/h7-8,10,12,15-18H,5-6,9,11H2,1-4H3/t12-,15+,16+,17?,18+,20-,21+,22+/m0/s1. The van der Waals surface area contributed by atoms with Crippen LogP contribution in [0.1, 0.15) is 58.6 Å². The van der Waals surface area contributed by atoms with Crippen molar-refractivity contribution >= 4 is 11.8 Å². The van der Waals surface area contributed by atoms with Crippen molar-refractivity contribution in [2.75, 3.05) is 6.61 Å². The number of carbonyl (C=O) groups excluding carboxylic acids is 2. The van der Waals surface area contributed by atoms with Gasteiger partial charge in [-0.15, -0.1) is 0 Å². The summed E-state index contributed by atoms with van der Waals surface area (Å²) >= 11 is 0. The topological polar surface area (TPSA) is 78.3 Å². The molecule has 4 fully saturated rings. The Bertz CT molecular complexity index is 817. The smallest absolute Gasteiger partial charge is 0.302 e. The van der Waals surface area contributed by atoms with E-state index in [1.54, 1.807) is 18.6 Å². The van der Waals surface area contributed by atoms with Crippen molar-refractivity contribution in [3.63, 3.8) is 0 Å². The zero-order valence-corrected chi connectivity index (χ0v) is 16.9. The fourth-order valence-corrected chi connectivity index (χ4v) is 6.76. The average Bonchev–Trinajstić information content (AvgIpc) is 2.96. The summed E-state index contributed by atoms with van der Waals surface area (Å²) in [4.78, 5) is 25.7. The van der Waals surface area contributed by atoms with Crippen molar-refractivity contribution in [1.82, 2.24) is 0 Å². The van der Waals surface area contributed by atoms with Crippen LogP contribution >= 0.6 is 0 Å². The van der Waals surface area contributed by atoms with E-state index in [1.165, 1.54) is 6.92 Å². The van der Waals surface area contributed by atoms with Crippen LogP contribution in [0.5, 0.6) is 0 Å². The van der Waals surface area contributed by atoms with E-state index < -0.39 is 11.5 Å². The average molecular weight is 388 g/mol. The van der Waals surface area contributed by atoms with Gasteiger partial charge in [-0.25, -0.2) is 0 Å². The fraction of sp³-hybridized carbons (Fsp3) is 0.727. The lowest BCUT2D eigenvalue weighted by molar-refractivity contribution is -0.188. The second kappa shape index (κ2) is 5.70. The number of furan rings is 1. The van der Waals surface area contributed by atoms with Gasteiger partial charge in [0.2, 0.25) is 0 Å². The van der Waals surface area contributed by atoms with E-state index in [-0.39, 0.29) is 46.8 Å². The van der Waals surface area contributed by atoms with Gasteiger partial charge in [0.15, 0.2) is 5.78 Å². The predicted octanol–water partition coefficient (Wildman–Crippen LogP) is 3.45. The van der Waals surface area contributed by atoms with Gasteiger partial charge in [-0.1, -0.05) is 13.8 Å². The molecular weight excluding hydrogens is 360 g/mol. The van der Waals surface area contributed by atoms with E-state index in [2.05, 4.69) is 13.8 Å². The molecule has 4 aliphatic rings. The minimum absolute atomic E-state index is 0.0946. The number of Topliss-reactive ketones (excluding diaryl/α,β-unsaturated/α-hetero) is 1. The molecule has 2 aliphatic heterocycles. The van der Waals surface area contributed by atoms with Crippen molar-refractivity contribution in [2.24, 2.45) is 22.7 Å². The highest BCUT2D eigenvalue weighted by atomic mass is 16.6. The zero-order valence-electron chi connectivity index (χ0n) is 16.9.